The van der Waals surface area contributed by atoms with E-state index in [4.69, 9.17) is 108 Å². The zero-order valence-electron chi connectivity index (χ0n) is 71.4. The number of ether oxygens (including phenoxy) is 16. The molecule has 4 atom stereocenters. The van der Waals surface area contributed by atoms with Crippen LogP contribution in [-0.2, 0) is 74.4 Å². The van der Waals surface area contributed by atoms with E-state index >= 15 is 0 Å². The summed E-state index contributed by atoms with van der Waals surface area (Å²) < 4.78 is 189. The summed E-state index contributed by atoms with van der Waals surface area (Å²) >= 11 is 3.77. The summed E-state index contributed by atoms with van der Waals surface area (Å²) in [6.07, 6.45) is 11.8. The molecule has 5 aliphatic heterocycles. The molecule has 0 spiro atoms. The molecule has 5 heterocycles. The average molecular weight is 2040 g/mol. The van der Waals surface area contributed by atoms with Gasteiger partial charge in [0.15, 0.2) is 6.29 Å². The summed E-state index contributed by atoms with van der Waals surface area (Å²) in [4.78, 5) is 32.3. The molecule has 6 aromatic carbocycles. The first kappa shape index (κ1) is 112. The Morgan fingerprint density at radius 2 is 0.852 bits per heavy atom. The number of hydrogen-bond acceptors (Lipinski definition) is 23. The van der Waals surface area contributed by atoms with Crippen LogP contribution in [0.3, 0.4) is 0 Å². The molecule has 6 aromatic rings. The van der Waals surface area contributed by atoms with Gasteiger partial charge < -0.3 is 91.1 Å². The number of carbonyl (C=O) groups excluding carboxylic acids is 3. The molecule has 0 radical (unpaired) electrons. The monoisotopic (exact) mass is 2040 g/mol. The number of aliphatic hydroxyl groups is 3. The van der Waals surface area contributed by atoms with Gasteiger partial charge in [0.2, 0.25) is 0 Å². The van der Waals surface area contributed by atoms with Crippen molar-refractivity contribution in [2.24, 2.45) is 0 Å². The van der Waals surface area contributed by atoms with Gasteiger partial charge in [-0.3, -0.25) is 23.0 Å². The van der Waals surface area contributed by atoms with Crippen LogP contribution < -0.4 is 28.4 Å². The Morgan fingerprint density at radius 1 is 0.549 bits per heavy atom. The van der Waals surface area contributed by atoms with Crippen molar-refractivity contribution < 1.29 is 153 Å². The van der Waals surface area contributed by atoms with E-state index in [-0.39, 0.29) is 96.9 Å². The van der Waals surface area contributed by atoms with E-state index < -0.39 is 48.7 Å². The van der Waals surface area contributed by atoms with E-state index in [0.717, 1.165) is 88.9 Å². The minimum atomic E-state index is -2.13. The van der Waals surface area contributed by atoms with Crippen molar-refractivity contribution in [2.45, 2.75) is 140 Å². The molecule has 693 valence electrons. The third-order valence-electron chi connectivity index (χ3n) is 16.5. The molecular formula is C85H117BrCl3F7FeIO23S. The predicted octanol–water partition coefficient (Wildman–Crippen LogP) is 19.0. The van der Waals surface area contributed by atoms with E-state index in [9.17, 15) is 59.5 Å². The quantitative estimate of drug-likeness (QED) is 0.00665. The molecule has 5 saturated heterocycles. The van der Waals surface area contributed by atoms with Gasteiger partial charge in [0.1, 0.15) is 100 Å². The number of aldehydes is 1. The van der Waals surface area contributed by atoms with Crippen molar-refractivity contribution in [1.82, 2.24) is 0 Å². The molecule has 11 rings (SSSR count). The van der Waals surface area contributed by atoms with Crippen LogP contribution in [-0.4, -0.2) is 210 Å². The number of hydrogen-bond donors (Lipinski definition) is 3. The fourth-order valence-corrected chi connectivity index (χ4v) is 11.3. The van der Waals surface area contributed by atoms with E-state index in [0.29, 0.717) is 127 Å². The van der Waals surface area contributed by atoms with E-state index in [1.807, 2.05) is 35.1 Å². The minimum absolute atomic E-state index is 0.0124. The van der Waals surface area contributed by atoms with Crippen molar-refractivity contribution in [3.05, 3.63) is 189 Å². The third kappa shape index (κ3) is 52.4. The van der Waals surface area contributed by atoms with Gasteiger partial charge in [-0.05, 0) is 208 Å². The summed E-state index contributed by atoms with van der Waals surface area (Å²) in [6, 6.07) is 25.2. The first-order valence-electron chi connectivity index (χ1n) is 38.9. The second-order valence-electron chi connectivity index (χ2n) is 26.9. The van der Waals surface area contributed by atoms with Crippen LogP contribution in [0.25, 0.3) is 0 Å². The van der Waals surface area contributed by atoms with Gasteiger partial charge in [0.05, 0.1) is 112 Å². The zero-order valence-corrected chi connectivity index (χ0v) is 78.3. The van der Waals surface area contributed by atoms with Gasteiger partial charge in [-0.15, -0.1) is 0 Å². The number of benzene rings is 6. The first-order valence-corrected chi connectivity index (χ1v) is 49.3. The van der Waals surface area contributed by atoms with Crippen LogP contribution in [0.4, 0.5) is 30.7 Å². The summed E-state index contributed by atoms with van der Waals surface area (Å²) in [6.45, 7) is 12.7. The van der Waals surface area contributed by atoms with E-state index in [1.54, 1.807) is 56.2 Å². The Morgan fingerprint density at radius 3 is 1.16 bits per heavy atom. The third-order valence-corrected chi connectivity index (χ3v) is 17.2. The fourth-order valence-electron chi connectivity index (χ4n) is 10.7. The fraction of sp³-hybridized carbons (Fsp3) is 0.518. The van der Waals surface area contributed by atoms with Crippen LogP contribution in [0, 0.1) is 34.9 Å². The molecule has 0 saturated carbocycles. The van der Waals surface area contributed by atoms with Crippen LogP contribution >= 0.6 is 67.4 Å². The van der Waals surface area contributed by atoms with Crippen molar-refractivity contribution >= 4 is 91.9 Å². The number of aliphatic hydroxyl groups excluding tert-OH is 3. The van der Waals surface area contributed by atoms with Crippen molar-refractivity contribution in [3.8, 4) is 34.5 Å². The molecule has 122 heavy (non-hydrogen) atoms. The van der Waals surface area contributed by atoms with Gasteiger partial charge >= 0.3 is 53.4 Å². The normalized spacial score (nSPS) is 16.0. The van der Waals surface area contributed by atoms with Gasteiger partial charge in [-0.2, -0.15) is 0 Å². The number of esters is 2. The van der Waals surface area contributed by atoms with Gasteiger partial charge in [-0.1, -0.05) is 26.7 Å². The molecule has 0 aliphatic carbocycles. The number of methoxy groups -OCH3 is 6. The zero-order chi connectivity index (χ0) is 92.3. The predicted molar refractivity (Wildman–Crippen MR) is 464 cm³/mol. The van der Waals surface area contributed by atoms with Gasteiger partial charge in [-0.25, -0.2) is 26.3 Å². The molecular weight excluding hydrogens is 1920 g/mol. The molecule has 23 nitrogen and oxygen atoms in total. The topological polar surface area (TPSA) is 280 Å². The van der Waals surface area contributed by atoms with Crippen LogP contribution in [0.15, 0.2) is 127 Å². The van der Waals surface area contributed by atoms with E-state index in [1.165, 1.54) is 108 Å². The summed E-state index contributed by atoms with van der Waals surface area (Å²) in [7, 11) is 22.8. The number of rotatable bonds is 26. The maximum atomic E-state index is 13.7. The standard InChI is InChI=1S/C18H25FO5.2C14H19FO4.C9H9FO2.C8H7FO2.C7H6BrFO.C6H10O2.C5H10O2.C3H9IOS.CH3F.3ClH.Fe/c1-3-4-18(20)23-12-17(24-14-7-9-22-10-8-14)15-11-13(19)5-6-16(15)21-2;2*1-17-13-3-2-10(15)8-12(13)14(9-16)19-11-4-6-18-7-5-11;1-11-8-3-2-6(10)4-7(8)9-5-12-9;1-11-8-3-2-7(9)4-6(8)5-10;1-10-7-3-2-5(9)4-6(7)8;1-3-5-6(7)8-4-2;6-5-1-3-7-4-2-5;1-6(2,3,4)5;1-2;;;;/h5-6,11,14,17H,3-4,7-10,12H2,1-2H3;2*2-3,8,11,14,16H,4-7,9H2,1H3;2-4,9H,5H2,1H3;2-5H,1H3;2-4H,1H3;4H,2-3,5H2,1H3;5-6H,1-4H2;1-3H3;1H3;3*1H;/q;;;;;;;;;;;;;+3/p-3/t17-;14-;;;;;;;;;;;;/m00............/s1/i;;;;;;;;;1D;;;;. The first-order chi connectivity index (χ1) is 58.5. The van der Waals surface area contributed by atoms with Crippen LogP contribution in [0.5, 0.6) is 34.5 Å². The van der Waals surface area contributed by atoms with Gasteiger partial charge in [0, 0.05) is 109 Å². The molecule has 5 aliphatic rings. The SMILES string of the molecule is C=COC(=O)CCC.CCCC(=O)OC[C@H](OC1CCOCC1)c1cc(F)ccc1OC.COc1ccc(F)cc1Br.COc1ccc(F)cc1C(CO)OC1CCOCC1.COc1ccc(F)cc1C1CO1.COc1ccc(F)cc1C=O.COc1ccc(F)cc1[C@H](CO)OC1CCOCC1.CS(C)(C)(=O)I.OC1CCOCC1.[2H]CF.[Cl][Fe]([Cl])[Cl]. The second-order valence-corrected chi connectivity index (χ2v) is 46.7. The summed E-state index contributed by atoms with van der Waals surface area (Å²) in [5.74, 6) is 0.709. The maximum absolute atomic E-state index is 13.7. The second kappa shape index (κ2) is 65.8. The Labute approximate surface area is 750 Å². The van der Waals surface area contributed by atoms with Crippen molar-refractivity contribution in [2.75, 3.05) is 148 Å². The Bertz CT molecular complexity index is 3890. The number of carbonyl (C=O) groups is 3. The van der Waals surface area contributed by atoms with Crippen molar-refractivity contribution in [3.63, 3.8) is 0 Å². The molecule has 37 heteroatoms. The number of epoxide rings is 1. The van der Waals surface area contributed by atoms with Gasteiger partial charge in [0.25, 0.3) is 0 Å². The molecule has 0 amide bonds. The van der Waals surface area contributed by atoms with Crippen LogP contribution in [0.2, 0.25) is 0 Å². The number of alkyl halides is 1. The Kier molecular flexibility index (Phi) is 60.6. The summed E-state index contributed by atoms with van der Waals surface area (Å²) in [5.41, 5.74) is 2.66. The molecule has 3 N–H and O–H groups in total. The molecule has 5 fully saturated rings. The van der Waals surface area contributed by atoms with Crippen LogP contribution in [0.1, 0.15) is 149 Å². The number of halogens is 12. The molecule has 2 unspecified atom stereocenters. The Hall–Kier alpha value is -5.71. The van der Waals surface area contributed by atoms with Crippen molar-refractivity contribution in [1.29, 1.82) is 0 Å². The average Bonchev–Trinajstić information content (AvgIpc) is 1.76. The molecule has 0 aromatic heterocycles. The molecule has 0 bridgehead atoms. The van der Waals surface area contributed by atoms with E-state index in [2.05, 4.69) is 27.2 Å². The summed E-state index contributed by atoms with van der Waals surface area (Å²) in [5, 5.41) is 27.8. The Balaban J connectivity index is 0.000000705.